The highest BCUT2D eigenvalue weighted by atomic mass is 31.2. The predicted octanol–water partition coefficient (Wildman–Crippen LogP) is 7.93. The number of carbonyl (C=O) groups excluding carboxylic acids is 2. The van der Waals surface area contributed by atoms with Crippen LogP contribution < -0.4 is 0 Å². The van der Waals surface area contributed by atoms with E-state index < -0.39 is 25.5 Å². The molecule has 0 aliphatic heterocycles. The zero-order chi connectivity index (χ0) is 30.9. The highest BCUT2D eigenvalue weighted by Crippen LogP contribution is 2.51. The number of carbonyl (C=O) groups is 2. The number of benzene rings is 4. The second-order valence-electron chi connectivity index (χ2n) is 10.5. The van der Waals surface area contributed by atoms with Crippen LogP contribution in [0.1, 0.15) is 41.5 Å². The largest absolute Gasteiger partial charge is 0.461 e. The van der Waals surface area contributed by atoms with Crippen LogP contribution in [0, 0.1) is 5.92 Å². The van der Waals surface area contributed by atoms with Crippen LogP contribution in [0.15, 0.2) is 121 Å². The van der Waals surface area contributed by atoms with E-state index in [2.05, 4.69) is 0 Å². The number of hydrogen-bond donors (Lipinski definition) is 0. The van der Waals surface area contributed by atoms with Crippen LogP contribution in [0.4, 0.5) is 0 Å². The molecule has 0 saturated heterocycles. The molecule has 44 heavy (non-hydrogen) atoms. The SMILES string of the molecule is O=C(CC[C@H](CP(=O)(OCCCc1ccccc1)OCc1ccccc1)C(=O)OCc1ccccc1)OCc1ccccc1. The Labute approximate surface area is 259 Å². The van der Waals surface area contributed by atoms with Crippen LogP contribution in [-0.4, -0.2) is 24.7 Å². The van der Waals surface area contributed by atoms with Gasteiger partial charge >= 0.3 is 19.5 Å². The van der Waals surface area contributed by atoms with Gasteiger partial charge < -0.3 is 18.5 Å². The lowest BCUT2D eigenvalue weighted by atomic mass is 10.1. The summed E-state index contributed by atoms with van der Waals surface area (Å²) in [4.78, 5) is 26.0. The van der Waals surface area contributed by atoms with Crippen molar-refractivity contribution in [3.05, 3.63) is 144 Å². The number of aryl methyl sites for hydroxylation is 1. The molecule has 2 atom stereocenters. The maximum atomic E-state index is 14.2. The molecule has 0 aliphatic rings. The summed E-state index contributed by atoms with van der Waals surface area (Å²) in [7, 11) is -3.79. The van der Waals surface area contributed by atoms with E-state index in [-0.39, 0.29) is 45.4 Å². The smallest absolute Gasteiger partial charge is 0.331 e. The number of hydrogen-bond acceptors (Lipinski definition) is 7. The standard InChI is InChI=1S/C36H39O7P/c37-35(40-26-31-16-7-2-8-17-31)24-23-34(36(38)41-27-32-18-9-3-10-19-32)29-44(39,43-28-33-20-11-4-12-21-33)42-25-13-22-30-14-5-1-6-15-30/h1-12,14-21,34H,13,22-29H2/t34-,44?/m1/s1. The van der Waals surface area contributed by atoms with Crippen LogP contribution in [0.3, 0.4) is 0 Å². The van der Waals surface area contributed by atoms with Crippen molar-refractivity contribution in [1.29, 1.82) is 0 Å². The van der Waals surface area contributed by atoms with E-state index >= 15 is 0 Å². The molecule has 1 unspecified atom stereocenters. The third-order valence-electron chi connectivity index (χ3n) is 6.95. The van der Waals surface area contributed by atoms with Gasteiger partial charge in [-0.1, -0.05) is 121 Å². The Bertz CT molecular complexity index is 1450. The summed E-state index contributed by atoms with van der Waals surface area (Å²) >= 11 is 0. The van der Waals surface area contributed by atoms with E-state index in [1.165, 1.54) is 0 Å². The minimum Gasteiger partial charge on any atom is -0.461 e. The molecular formula is C36H39O7P. The first-order valence-corrected chi connectivity index (χ1v) is 16.6. The fourth-order valence-electron chi connectivity index (χ4n) is 4.52. The molecule has 0 saturated carbocycles. The van der Waals surface area contributed by atoms with Crippen LogP contribution in [-0.2, 0) is 58.9 Å². The van der Waals surface area contributed by atoms with Crippen molar-refractivity contribution in [2.45, 2.75) is 45.5 Å². The van der Waals surface area contributed by atoms with Crippen LogP contribution in [0.25, 0.3) is 0 Å². The molecular weight excluding hydrogens is 575 g/mol. The summed E-state index contributed by atoms with van der Waals surface area (Å²) in [6, 6.07) is 38.0. The van der Waals surface area contributed by atoms with Crippen molar-refractivity contribution >= 4 is 19.5 Å². The van der Waals surface area contributed by atoms with Crippen molar-refractivity contribution < 1.29 is 32.7 Å². The first kappa shape index (κ1) is 32.9. The van der Waals surface area contributed by atoms with E-state index in [1.807, 2.05) is 121 Å². The second-order valence-corrected chi connectivity index (χ2v) is 12.6. The zero-order valence-electron chi connectivity index (χ0n) is 24.8. The molecule has 0 bridgehead atoms. The molecule has 4 aromatic rings. The van der Waals surface area contributed by atoms with Gasteiger partial charge in [0.25, 0.3) is 0 Å². The zero-order valence-corrected chi connectivity index (χ0v) is 25.7. The van der Waals surface area contributed by atoms with Crippen molar-refractivity contribution in [1.82, 2.24) is 0 Å². The monoisotopic (exact) mass is 614 g/mol. The predicted molar refractivity (Wildman–Crippen MR) is 170 cm³/mol. The normalized spacial score (nSPS) is 13.0. The lowest BCUT2D eigenvalue weighted by Gasteiger charge is -2.23. The lowest BCUT2D eigenvalue weighted by Crippen LogP contribution is -2.24. The Morgan fingerprint density at radius 2 is 1.07 bits per heavy atom. The van der Waals surface area contributed by atoms with E-state index in [4.69, 9.17) is 18.5 Å². The summed E-state index contributed by atoms with van der Waals surface area (Å²) in [5, 5.41) is 0. The first-order chi connectivity index (χ1) is 21.5. The molecule has 0 N–H and O–H groups in total. The molecule has 0 spiro atoms. The highest BCUT2D eigenvalue weighted by molar-refractivity contribution is 7.53. The van der Waals surface area contributed by atoms with Gasteiger partial charge in [0.1, 0.15) is 13.2 Å². The Morgan fingerprint density at radius 3 is 1.61 bits per heavy atom. The summed E-state index contributed by atoms with van der Waals surface area (Å²) < 4.78 is 37.1. The molecule has 0 aromatic heterocycles. The molecule has 4 rings (SSSR count). The van der Waals surface area contributed by atoms with Crippen LogP contribution in [0.5, 0.6) is 0 Å². The molecule has 0 radical (unpaired) electrons. The number of rotatable bonds is 18. The first-order valence-electron chi connectivity index (χ1n) is 14.9. The van der Waals surface area contributed by atoms with Gasteiger partial charge in [-0.25, -0.2) is 0 Å². The van der Waals surface area contributed by atoms with Gasteiger partial charge in [0.05, 0.1) is 25.3 Å². The number of ether oxygens (including phenoxy) is 2. The fraction of sp³-hybridized carbons (Fsp3) is 0.278. The van der Waals surface area contributed by atoms with Crippen molar-refractivity contribution in [2.75, 3.05) is 12.8 Å². The molecule has 0 fully saturated rings. The Kier molecular flexibility index (Phi) is 13.4. The second kappa shape index (κ2) is 17.9. The minimum atomic E-state index is -3.79. The van der Waals surface area contributed by atoms with Gasteiger partial charge in [-0.05, 0) is 41.5 Å². The topological polar surface area (TPSA) is 88.1 Å². The Hall–Kier alpha value is -4.03. The third kappa shape index (κ3) is 11.9. The molecule has 0 aliphatic carbocycles. The summed E-state index contributed by atoms with van der Waals surface area (Å²) in [5.74, 6) is -1.93. The summed E-state index contributed by atoms with van der Waals surface area (Å²) in [6.07, 6.45) is 1.18. The number of esters is 2. The summed E-state index contributed by atoms with van der Waals surface area (Å²) in [6.45, 7) is 0.432. The Morgan fingerprint density at radius 1 is 0.591 bits per heavy atom. The van der Waals surface area contributed by atoms with Crippen molar-refractivity contribution in [3.63, 3.8) is 0 Å². The van der Waals surface area contributed by atoms with Crippen LogP contribution >= 0.6 is 7.60 Å². The lowest BCUT2D eigenvalue weighted by molar-refractivity contribution is -0.150. The van der Waals surface area contributed by atoms with Gasteiger partial charge in [0.15, 0.2) is 0 Å². The molecule has 0 heterocycles. The Balaban J connectivity index is 1.43. The van der Waals surface area contributed by atoms with E-state index in [0.717, 1.165) is 28.7 Å². The van der Waals surface area contributed by atoms with Gasteiger partial charge in [0, 0.05) is 6.42 Å². The maximum absolute atomic E-state index is 14.2. The quantitative estimate of drug-likeness (QED) is 0.0639. The fourth-order valence-corrected chi connectivity index (χ4v) is 6.43. The molecule has 230 valence electrons. The highest BCUT2D eigenvalue weighted by Gasteiger charge is 2.34. The summed E-state index contributed by atoms with van der Waals surface area (Å²) in [5.41, 5.74) is 3.66. The van der Waals surface area contributed by atoms with Gasteiger partial charge in [-0.15, -0.1) is 0 Å². The van der Waals surface area contributed by atoms with Gasteiger partial charge in [-0.2, -0.15) is 0 Å². The molecule has 0 amide bonds. The van der Waals surface area contributed by atoms with Crippen molar-refractivity contribution in [2.24, 2.45) is 5.92 Å². The molecule has 8 heteroatoms. The van der Waals surface area contributed by atoms with E-state index in [1.54, 1.807) is 0 Å². The van der Waals surface area contributed by atoms with E-state index in [9.17, 15) is 14.2 Å². The third-order valence-corrected chi connectivity index (χ3v) is 8.94. The van der Waals surface area contributed by atoms with E-state index in [0.29, 0.717) is 6.42 Å². The van der Waals surface area contributed by atoms with Crippen LogP contribution in [0.2, 0.25) is 0 Å². The molecule has 7 nitrogen and oxygen atoms in total. The van der Waals surface area contributed by atoms with Gasteiger partial charge in [0.2, 0.25) is 0 Å². The average Bonchev–Trinajstić information content (AvgIpc) is 3.07. The average molecular weight is 615 g/mol. The van der Waals surface area contributed by atoms with Crippen molar-refractivity contribution in [3.8, 4) is 0 Å². The maximum Gasteiger partial charge on any atom is 0.331 e. The molecule has 4 aromatic carbocycles. The van der Waals surface area contributed by atoms with Gasteiger partial charge in [-0.3, -0.25) is 14.2 Å². The minimum absolute atomic E-state index is 0.0510.